The first-order valence-corrected chi connectivity index (χ1v) is 19.3. The third-order valence-corrected chi connectivity index (χ3v) is 11.3. The maximum Gasteiger partial charge on any atom is 0.0542 e. The summed E-state index contributed by atoms with van der Waals surface area (Å²) < 4.78 is 2.38. The second-order valence-electron chi connectivity index (χ2n) is 14.5. The normalized spacial score (nSPS) is 11.6. The van der Waals surface area contributed by atoms with Crippen LogP contribution in [0.4, 0.5) is 17.1 Å². The molecule has 262 valence electrons. The highest BCUT2D eigenvalue weighted by Crippen LogP contribution is 2.43. The summed E-state index contributed by atoms with van der Waals surface area (Å²) in [4.78, 5) is 2.40. The molecule has 0 aliphatic rings. The average Bonchev–Trinajstić information content (AvgIpc) is 3.61. The molecule has 0 amide bonds. The standard InChI is InChI=1S/C54H36N2/c1-3-14-37(15-4-1)40-18-13-21-44(34-40)55(45-31-33-53-51(36-45)48-24-11-12-25-52(48)56(53)42-19-5-2-6-20-42)43-29-26-39(27-30-43)50-35-41-17-8-9-22-46(41)49-32-28-38-16-7-10-23-47(38)54(49)50/h1-36H. The Morgan fingerprint density at radius 3 is 1.75 bits per heavy atom. The molecule has 56 heavy (non-hydrogen) atoms. The Morgan fingerprint density at radius 2 is 0.929 bits per heavy atom. The number of aromatic nitrogens is 1. The van der Waals surface area contributed by atoms with Crippen molar-refractivity contribution in [3.8, 4) is 27.9 Å². The van der Waals surface area contributed by atoms with Gasteiger partial charge < -0.3 is 9.47 Å². The van der Waals surface area contributed by atoms with E-state index in [4.69, 9.17) is 0 Å². The fraction of sp³-hybridized carbons (Fsp3) is 0. The van der Waals surface area contributed by atoms with Gasteiger partial charge in [0.05, 0.1) is 11.0 Å². The van der Waals surface area contributed by atoms with Gasteiger partial charge in [-0.3, -0.25) is 0 Å². The Labute approximate surface area is 325 Å². The van der Waals surface area contributed by atoms with Gasteiger partial charge in [0.2, 0.25) is 0 Å². The van der Waals surface area contributed by atoms with Crippen LogP contribution in [0.1, 0.15) is 0 Å². The van der Waals surface area contributed by atoms with Crippen LogP contribution in [-0.2, 0) is 0 Å². The molecule has 11 aromatic rings. The molecule has 0 spiro atoms. The van der Waals surface area contributed by atoms with Gasteiger partial charge >= 0.3 is 0 Å². The second-order valence-corrected chi connectivity index (χ2v) is 14.5. The molecule has 2 heteroatoms. The molecule has 0 atom stereocenters. The molecule has 0 saturated heterocycles. The minimum absolute atomic E-state index is 1.10. The van der Waals surface area contributed by atoms with Crippen molar-refractivity contribution >= 4 is 71.2 Å². The molecule has 2 nitrogen and oxygen atoms in total. The molecular formula is C54H36N2. The molecule has 0 aliphatic carbocycles. The van der Waals surface area contributed by atoms with Crippen molar-refractivity contribution in [2.45, 2.75) is 0 Å². The summed E-state index contributed by atoms with van der Waals surface area (Å²) in [5.41, 5.74) is 11.7. The van der Waals surface area contributed by atoms with Crippen LogP contribution < -0.4 is 4.90 Å². The number of rotatable bonds is 6. The molecule has 0 bridgehead atoms. The third kappa shape index (κ3) is 5.26. The van der Waals surface area contributed by atoms with Gasteiger partial charge in [-0.05, 0) is 121 Å². The molecule has 0 saturated carbocycles. The summed E-state index contributed by atoms with van der Waals surface area (Å²) in [6.07, 6.45) is 0. The fourth-order valence-corrected chi connectivity index (χ4v) is 8.76. The first-order valence-electron chi connectivity index (χ1n) is 19.3. The highest BCUT2D eigenvalue weighted by Gasteiger charge is 2.19. The van der Waals surface area contributed by atoms with E-state index in [2.05, 4.69) is 228 Å². The zero-order valence-electron chi connectivity index (χ0n) is 30.7. The van der Waals surface area contributed by atoms with E-state index < -0.39 is 0 Å². The number of hydrogen-bond donors (Lipinski definition) is 0. The first-order chi connectivity index (χ1) is 27.8. The van der Waals surface area contributed by atoms with Crippen molar-refractivity contribution in [1.29, 1.82) is 0 Å². The van der Waals surface area contributed by atoms with Crippen LogP contribution in [0.5, 0.6) is 0 Å². The van der Waals surface area contributed by atoms with Crippen LogP contribution >= 0.6 is 0 Å². The number of anilines is 3. The molecule has 0 unspecified atom stereocenters. The van der Waals surface area contributed by atoms with Crippen molar-refractivity contribution in [2.75, 3.05) is 4.90 Å². The number of fused-ring (bicyclic) bond motifs is 8. The zero-order valence-corrected chi connectivity index (χ0v) is 30.7. The predicted molar refractivity (Wildman–Crippen MR) is 239 cm³/mol. The fourth-order valence-electron chi connectivity index (χ4n) is 8.76. The van der Waals surface area contributed by atoms with Crippen molar-refractivity contribution in [3.63, 3.8) is 0 Å². The largest absolute Gasteiger partial charge is 0.310 e. The van der Waals surface area contributed by atoms with Crippen LogP contribution in [0.25, 0.3) is 82.1 Å². The molecule has 0 aliphatic heterocycles. The second kappa shape index (κ2) is 13.2. The van der Waals surface area contributed by atoms with Crippen molar-refractivity contribution in [3.05, 3.63) is 218 Å². The minimum Gasteiger partial charge on any atom is -0.310 e. The number of benzene rings is 10. The van der Waals surface area contributed by atoms with Crippen LogP contribution in [0.3, 0.4) is 0 Å². The van der Waals surface area contributed by atoms with Gasteiger partial charge in [-0.15, -0.1) is 0 Å². The molecule has 1 aromatic heterocycles. The summed E-state index contributed by atoms with van der Waals surface area (Å²) in [6.45, 7) is 0. The molecule has 11 rings (SSSR count). The lowest BCUT2D eigenvalue weighted by molar-refractivity contribution is 1.18. The predicted octanol–water partition coefficient (Wildman–Crippen LogP) is 15.0. The van der Waals surface area contributed by atoms with Gasteiger partial charge in [0.1, 0.15) is 0 Å². The van der Waals surface area contributed by atoms with Crippen LogP contribution in [0.2, 0.25) is 0 Å². The minimum atomic E-state index is 1.10. The maximum absolute atomic E-state index is 2.40. The summed E-state index contributed by atoms with van der Waals surface area (Å²) in [5, 5.41) is 10.1. The van der Waals surface area contributed by atoms with E-state index in [9.17, 15) is 0 Å². The van der Waals surface area contributed by atoms with E-state index >= 15 is 0 Å². The Morgan fingerprint density at radius 1 is 0.304 bits per heavy atom. The summed E-state index contributed by atoms with van der Waals surface area (Å²) in [6, 6.07) is 79.5. The monoisotopic (exact) mass is 712 g/mol. The molecular weight excluding hydrogens is 677 g/mol. The lowest BCUT2D eigenvalue weighted by Crippen LogP contribution is -2.10. The van der Waals surface area contributed by atoms with Crippen LogP contribution in [-0.4, -0.2) is 4.57 Å². The Balaban J connectivity index is 1.11. The van der Waals surface area contributed by atoms with Gasteiger partial charge in [-0.1, -0.05) is 152 Å². The Kier molecular flexibility index (Phi) is 7.53. The first kappa shape index (κ1) is 32.0. The molecule has 0 radical (unpaired) electrons. The Bertz CT molecular complexity index is 3230. The molecule has 10 aromatic carbocycles. The lowest BCUT2D eigenvalue weighted by Gasteiger charge is -2.26. The summed E-state index contributed by atoms with van der Waals surface area (Å²) in [5.74, 6) is 0. The van der Waals surface area contributed by atoms with Crippen LogP contribution in [0.15, 0.2) is 218 Å². The molecule has 1 heterocycles. The zero-order chi connectivity index (χ0) is 37.0. The van der Waals surface area contributed by atoms with Gasteiger partial charge in [-0.2, -0.15) is 0 Å². The van der Waals surface area contributed by atoms with Crippen molar-refractivity contribution < 1.29 is 0 Å². The van der Waals surface area contributed by atoms with Gasteiger partial charge in [0.25, 0.3) is 0 Å². The Hall–Kier alpha value is -7.42. The van der Waals surface area contributed by atoms with Gasteiger partial charge in [0, 0.05) is 33.5 Å². The summed E-state index contributed by atoms with van der Waals surface area (Å²) >= 11 is 0. The molecule has 0 fully saturated rings. The number of para-hydroxylation sites is 2. The van der Waals surface area contributed by atoms with E-state index in [1.54, 1.807) is 0 Å². The third-order valence-electron chi connectivity index (χ3n) is 11.3. The highest BCUT2D eigenvalue weighted by atomic mass is 15.1. The smallest absolute Gasteiger partial charge is 0.0542 e. The lowest BCUT2D eigenvalue weighted by atomic mass is 9.90. The van der Waals surface area contributed by atoms with E-state index in [1.165, 1.54) is 76.4 Å². The molecule has 0 N–H and O–H groups in total. The van der Waals surface area contributed by atoms with Crippen molar-refractivity contribution in [1.82, 2.24) is 4.57 Å². The highest BCUT2D eigenvalue weighted by molar-refractivity contribution is 6.23. The summed E-state index contributed by atoms with van der Waals surface area (Å²) in [7, 11) is 0. The van der Waals surface area contributed by atoms with Crippen molar-refractivity contribution in [2.24, 2.45) is 0 Å². The van der Waals surface area contributed by atoms with E-state index in [-0.39, 0.29) is 0 Å². The van der Waals surface area contributed by atoms with Crippen LogP contribution in [0, 0.1) is 0 Å². The quantitative estimate of drug-likeness (QED) is 0.156. The van der Waals surface area contributed by atoms with Gasteiger partial charge in [0.15, 0.2) is 0 Å². The number of nitrogens with zero attached hydrogens (tertiary/aromatic N) is 2. The topological polar surface area (TPSA) is 8.17 Å². The van der Waals surface area contributed by atoms with E-state index in [0.717, 1.165) is 22.7 Å². The van der Waals surface area contributed by atoms with E-state index in [1.807, 2.05) is 0 Å². The van der Waals surface area contributed by atoms with E-state index in [0.29, 0.717) is 0 Å². The maximum atomic E-state index is 2.40. The number of hydrogen-bond acceptors (Lipinski definition) is 1. The van der Waals surface area contributed by atoms with Gasteiger partial charge in [-0.25, -0.2) is 0 Å². The average molecular weight is 713 g/mol. The SMILES string of the molecule is c1ccc(-c2cccc(N(c3ccc(-c4cc5ccccc5c5ccc6ccccc6c45)cc3)c3ccc4c(c3)c3ccccc3n4-c3ccccc3)c2)cc1.